The minimum Gasteiger partial charge on any atom is -0.385 e. The van der Waals surface area contributed by atoms with Gasteiger partial charge in [-0.05, 0) is 22.6 Å². The minimum atomic E-state index is -0.915. The van der Waals surface area contributed by atoms with Gasteiger partial charge in [0.1, 0.15) is 5.60 Å². The molecule has 2 heterocycles. The number of nitrogens with zero attached hydrogens (tertiary/aromatic N) is 4. The molecular formula is C14H20N6O2. The summed E-state index contributed by atoms with van der Waals surface area (Å²) in [5.74, 6) is 0.692. The molecule has 8 heteroatoms. The third-order valence-electron chi connectivity index (χ3n) is 3.52. The Morgan fingerprint density at radius 3 is 3.09 bits per heavy atom. The van der Waals surface area contributed by atoms with E-state index in [1.165, 1.54) is 0 Å². The van der Waals surface area contributed by atoms with Crippen molar-refractivity contribution in [3.63, 3.8) is 0 Å². The Labute approximate surface area is 128 Å². The summed E-state index contributed by atoms with van der Waals surface area (Å²) in [6.07, 6.45) is 0. The Balaban J connectivity index is 1.59. The van der Waals surface area contributed by atoms with Gasteiger partial charge in [0.05, 0.1) is 25.4 Å². The number of hydrogen-bond acceptors (Lipinski definition) is 7. The van der Waals surface area contributed by atoms with Crippen LogP contribution in [0.3, 0.4) is 0 Å². The molecule has 1 aliphatic heterocycles. The Hall–Kier alpha value is -1.87. The summed E-state index contributed by atoms with van der Waals surface area (Å²) in [6.45, 7) is 3.06. The molecule has 1 fully saturated rings. The first-order valence-electron chi connectivity index (χ1n) is 7.31. The zero-order valence-electron chi connectivity index (χ0n) is 12.3. The van der Waals surface area contributed by atoms with Gasteiger partial charge >= 0.3 is 0 Å². The lowest BCUT2D eigenvalue weighted by molar-refractivity contribution is -0.0265. The Bertz CT molecular complexity index is 580. The molecule has 1 atom stereocenters. The van der Waals surface area contributed by atoms with Gasteiger partial charge in [-0.25, -0.2) is 0 Å². The molecule has 0 saturated carbocycles. The second-order valence-corrected chi connectivity index (χ2v) is 5.40. The van der Waals surface area contributed by atoms with Crippen molar-refractivity contribution in [2.75, 3.05) is 32.8 Å². The molecule has 118 valence electrons. The Morgan fingerprint density at radius 2 is 2.23 bits per heavy atom. The fourth-order valence-corrected chi connectivity index (χ4v) is 2.38. The van der Waals surface area contributed by atoms with E-state index in [2.05, 4.69) is 26.2 Å². The number of rotatable bonds is 5. The first kappa shape index (κ1) is 15.0. The fourth-order valence-electron chi connectivity index (χ4n) is 2.38. The molecule has 0 spiro atoms. The van der Waals surface area contributed by atoms with Crippen LogP contribution < -0.4 is 10.6 Å². The molecule has 0 unspecified atom stereocenters. The number of tetrazole rings is 1. The summed E-state index contributed by atoms with van der Waals surface area (Å²) in [4.78, 5) is 0. The second kappa shape index (κ2) is 6.93. The van der Waals surface area contributed by atoms with Crippen LogP contribution in [0.15, 0.2) is 30.3 Å². The highest BCUT2D eigenvalue weighted by Gasteiger charge is 2.28. The summed E-state index contributed by atoms with van der Waals surface area (Å²) in [5.41, 5.74) is -0.0101. The quantitative estimate of drug-likeness (QED) is 0.659. The van der Waals surface area contributed by atoms with Gasteiger partial charge in [0.15, 0.2) is 5.82 Å². The molecule has 0 aliphatic carbocycles. The van der Waals surface area contributed by atoms with Gasteiger partial charge in [-0.15, -0.1) is 5.10 Å². The molecule has 0 bridgehead atoms. The van der Waals surface area contributed by atoms with Crippen molar-refractivity contribution >= 4 is 0 Å². The first-order valence-corrected chi connectivity index (χ1v) is 7.31. The van der Waals surface area contributed by atoms with Gasteiger partial charge in [-0.2, -0.15) is 4.68 Å². The van der Waals surface area contributed by atoms with Gasteiger partial charge in [-0.3, -0.25) is 0 Å². The number of hydrogen-bond donors (Lipinski definition) is 3. The molecule has 2 aromatic rings. The van der Waals surface area contributed by atoms with Crippen LogP contribution in [0, 0.1) is 0 Å². The number of β-amino-alcohol motifs (C(OH)–C–C–N with tert-alkyl or cyclic N) is 1. The van der Waals surface area contributed by atoms with Crippen LogP contribution in [0.1, 0.15) is 5.82 Å². The van der Waals surface area contributed by atoms with Crippen molar-refractivity contribution in [1.29, 1.82) is 0 Å². The minimum absolute atomic E-state index is 0.316. The van der Waals surface area contributed by atoms with E-state index in [1.807, 2.05) is 30.3 Å². The van der Waals surface area contributed by atoms with E-state index in [4.69, 9.17) is 4.74 Å². The number of para-hydroxylation sites is 1. The topological polar surface area (TPSA) is 97.1 Å². The number of nitrogens with one attached hydrogen (secondary N) is 2. The van der Waals surface area contributed by atoms with Gasteiger partial charge in [0.25, 0.3) is 0 Å². The molecule has 1 saturated heterocycles. The zero-order chi connectivity index (χ0) is 15.3. The molecule has 1 aromatic carbocycles. The van der Waals surface area contributed by atoms with Crippen molar-refractivity contribution in [1.82, 2.24) is 30.8 Å². The van der Waals surface area contributed by atoms with Crippen LogP contribution in [0.2, 0.25) is 0 Å². The van der Waals surface area contributed by atoms with E-state index in [0.717, 1.165) is 12.2 Å². The zero-order valence-corrected chi connectivity index (χ0v) is 12.3. The summed E-state index contributed by atoms with van der Waals surface area (Å²) in [7, 11) is 0. The van der Waals surface area contributed by atoms with Crippen LogP contribution in [0.25, 0.3) is 5.69 Å². The second-order valence-electron chi connectivity index (χ2n) is 5.40. The Morgan fingerprint density at radius 1 is 1.36 bits per heavy atom. The van der Waals surface area contributed by atoms with Crippen LogP contribution in [0.4, 0.5) is 0 Å². The maximum Gasteiger partial charge on any atom is 0.170 e. The van der Waals surface area contributed by atoms with Crippen molar-refractivity contribution in [2.24, 2.45) is 0 Å². The van der Waals surface area contributed by atoms with E-state index in [9.17, 15) is 5.11 Å². The summed E-state index contributed by atoms with van der Waals surface area (Å²) in [6, 6.07) is 9.70. The lowest BCUT2D eigenvalue weighted by Crippen LogP contribution is -2.50. The third-order valence-corrected chi connectivity index (χ3v) is 3.52. The van der Waals surface area contributed by atoms with Gasteiger partial charge < -0.3 is 20.5 Å². The SMILES string of the molecule is O[C@]1(CNCc2nnnn2-c2ccccc2)CNCCOC1. The maximum absolute atomic E-state index is 10.5. The van der Waals surface area contributed by atoms with E-state index in [1.54, 1.807) is 4.68 Å². The van der Waals surface area contributed by atoms with Crippen LogP contribution in [-0.4, -0.2) is 63.8 Å². The smallest absolute Gasteiger partial charge is 0.170 e. The van der Waals surface area contributed by atoms with Crippen molar-refractivity contribution in [3.05, 3.63) is 36.2 Å². The van der Waals surface area contributed by atoms with Crippen LogP contribution in [-0.2, 0) is 11.3 Å². The fraction of sp³-hybridized carbons (Fsp3) is 0.500. The standard InChI is InChI=1S/C14H20N6O2/c21-14(9-15-6-7-22-11-14)10-16-8-13-17-18-19-20(13)12-4-2-1-3-5-12/h1-5,15-16,21H,6-11H2/t14-/m0/s1. The predicted octanol–water partition coefficient (Wildman–Crippen LogP) is -0.897. The van der Waals surface area contributed by atoms with Crippen molar-refractivity contribution in [3.8, 4) is 5.69 Å². The molecule has 0 radical (unpaired) electrons. The molecule has 8 nitrogen and oxygen atoms in total. The Kier molecular flexibility index (Phi) is 4.74. The number of aliphatic hydroxyl groups is 1. The van der Waals surface area contributed by atoms with E-state index < -0.39 is 5.60 Å². The number of ether oxygens (including phenoxy) is 1. The first-order chi connectivity index (χ1) is 10.8. The molecule has 3 rings (SSSR count). The largest absolute Gasteiger partial charge is 0.385 e. The maximum atomic E-state index is 10.5. The van der Waals surface area contributed by atoms with Gasteiger partial charge in [-0.1, -0.05) is 18.2 Å². The molecule has 22 heavy (non-hydrogen) atoms. The summed E-state index contributed by atoms with van der Waals surface area (Å²) in [5, 5.41) is 28.6. The average molecular weight is 304 g/mol. The highest BCUT2D eigenvalue weighted by atomic mass is 16.5. The molecular weight excluding hydrogens is 284 g/mol. The molecule has 1 aliphatic rings. The monoisotopic (exact) mass is 304 g/mol. The lowest BCUT2D eigenvalue weighted by atomic mass is 10.1. The summed E-state index contributed by atoms with van der Waals surface area (Å²) < 4.78 is 7.07. The average Bonchev–Trinajstić information content (AvgIpc) is 2.90. The lowest BCUT2D eigenvalue weighted by Gasteiger charge is -2.25. The summed E-state index contributed by atoms with van der Waals surface area (Å²) >= 11 is 0. The third kappa shape index (κ3) is 3.66. The van der Waals surface area contributed by atoms with Crippen molar-refractivity contribution < 1.29 is 9.84 Å². The molecule has 3 N–H and O–H groups in total. The van der Waals surface area contributed by atoms with Crippen LogP contribution in [0.5, 0.6) is 0 Å². The van der Waals surface area contributed by atoms with E-state index >= 15 is 0 Å². The number of aromatic nitrogens is 4. The number of benzene rings is 1. The van der Waals surface area contributed by atoms with Crippen molar-refractivity contribution in [2.45, 2.75) is 12.1 Å². The normalized spacial score (nSPS) is 22.4. The molecule has 0 amide bonds. The van der Waals surface area contributed by atoms with E-state index in [0.29, 0.717) is 38.7 Å². The predicted molar refractivity (Wildman–Crippen MR) is 79.5 cm³/mol. The van der Waals surface area contributed by atoms with E-state index in [-0.39, 0.29) is 0 Å². The molecule has 1 aromatic heterocycles. The van der Waals surface area contributed by atoms with Gasteiger partial charge in [0, 0.05) is 19.6 Å². The highest BCUT2D eigenvalue weighted by Crippen LogP contribution is 2.08. The highest BCUT2D eigenvalue weighted by molar-refractivity contribution is 5.30. The van der Waals surface area contributed by atoms with Crippen LogP contribution >= 0.6 is 0 Å². The van der Waals surface area contributed by atoms with Gasteiger partial charge in [0.2, 0.25) is 0 Å².